The lowest BCUT2D eigenvalue weighted by molar-refractivity contribution is -0.125. The molecule has 0 aliphatic heterocycles. The van der Waals surface area contributed by atoms with Crippen LogP contribution in [-0.4, -0.2) is 26.0 Å². The molecule has 0 heterocycles. The van der Waals surface area contributed by atoms with Crippen LogP contribution >= 0.6 is 0 Å². The van der Waals surface area contributed by atoms with E-state index in [4.69, 9.17) is 0 Å². The summed E-state index contributed by atoms with van der Waals surface area (Å²) >= 11 is 0. The molecular weight excluding hydrogens is 200 g/mol. The van der Waals surface area contributed by atoms with Crippen molar-refractivity contribution in [3.63, 3.8) is 0 Å². The minimum Gasteiger partial charge on any atom is -0.355 e. The third-order valence-corrected chi connectivity index (χ3v) is 3.79. The van der Waals surface area contributed by atoms with Gasteiger partial charge in [-0.1, -0.05) is 26.7 Å². The number of rotatable bonds is 7. The van der Waals surface area contributed by atoms with Crippen LogP contribution in [0.25, 0.3) is 0 Å². The fourth-order valence-electron chi connectivity index (χ4n) is 2.57. The van der Waals surface area contributed by atoms with Crippen molar-refractivity contribution in [2.24, 2.45) is 11.3 Å². The zero-order valence-corrected chi connectivity index (χ0v) is 10.9. The fraction of sp³-hybridized carbons (Fsp3) is 0.923. The van der Waals surface area contributed by atoms with E-state index in [9.17, 15) is 4.79 Å². The molecule has 1 rings (SSSR count). The Hall–Kier alpha value is -0.570. The topological polar surface area (TPSA) is 41.1 Å². The average molecular weight is 226 g/mol. The maximum absolute atomic E-state index is 11.8. The first kappa shape index (κ1) is 13.5. The van der Waals surface area contributed by atoms with Crippen LogP contribution < -0.4 is 10.6 Å². The Balaban J connectivity index is 2.29. The number of carbonyl (C=O) groups is 1. The molecule has 0 aromatic carbocycles. The van der Waals surface area contributed by atoms with Gasteiger partial charge in [0, 0.05) is 19.0 Å². The van der Waals surface area contributed by atoms with Crippen LogP contribution in [0.2, 0.25) is 0 Å². The predicted molar refractivity (Wildman–Crippen MR) is 67.3 cm³/mol. The minimum absolute atomic E-state index is 0.0729. The number of nitrogens with one attached hydrogen (secondary N) is 2. The lowest BCUT2D eigenvalue weighted by atomic mass is 9.66. The van der Waals surface area contributed by atoms with Crippen LogP contribution in [0.4, 0.5) is 0 Å². The van der Waals surface area contributed by atoms with Crippen LogP contribution in [0.3, 0.4) is 0 Å². The van der Waals surface area contributed by atoms with Gasteiger partial charge in [-0.25, -0.2) is 0 Å². The van der Waals surface area contributed by atoms with Gasteiger partial charge in [0.05, 0.1) is 0 Å². The van der Waals surface area contributed by atoms with E-state index in [1.54, 1.807) is 0 Å². The molecule has 1 aliphatic carbocycles. The van der Waals surface area contributed by atoms with Crippen molar-refractivity contribution in [2.45, 2.75) is 46.0 Å². The highest BCUT2D eigenvalue weighted by Gasteiger charge is 2.36. The molecule has 16 heavy (non-hydrogen) atoms. The molecular formula is C13H26N2O. The van der Waals surface area contributed by atoms with Gasteiger partial charge >= 0.3 is 0 Å². The first-order valence-corrected chi connectivity index (χ1v) is 6.56. The van der Waals surface area contributed by atoms with Gasteiger partial charge in [0.2, 0.25) is 5.91 Å². The van der Waals surface area contributed by atoms with Crippen molar-refractivity contribution in [1.29, 1.82) is 0 Å². The summed E-state index contributed by atoms with van der Waals surface area (Å²) in [4.78, 5) is 11.8. The fourth-order valence-corrected chi connectivity index (χ4v) is 2.57. The van der Waals surface area contributed by atoms with Crippen molar-refractivity contribution in [1.82, 2.24) is 10.6 Å². The highest BCUT2D eigenvalue weighted by atomic mass is 16.1. The largest absolute Gasteiger partial charge is 0.355 e. The van der Waals surface area contributed by atoms with Crippen molar-refractivity contribution in [2.75, 3.05) is 20.1 Å². The van der Waals surface area contributed by atoms with E-state index < -0.39 is 0 Å². The van der Waals surface area contributed by atoms with Crippen LogP contribution in [-0.2, 0) is 4.79 Å². The normalized spacial score (nSPS) is 19.9. The summed E-state index contributed by atoms with van der Waals surface area (Å²) in [6.07, 6.45) is 6.40. The van der Waals surface area contributed by atoms with Crippen molar-refractivity contribution >= 4 is 5.91 Å². The SMILES string of the molecule is CCCC1(CNC(=O)C(C)CNC)CCC1. The highest BCUT2D eigenvalue weighted by molar-refractivity contribution is 5.78. The second-order valence-corrected chi connectivity index (χ2v) is 5.28. The first-order valence-electron chi connectivity index (χ1n) is 6.56. The molecule has 1 saturated carbocycles. The van der Waals surface area contributed by atoms with E-state index in [0.717, 1.165) is 13.1 Å². The van der Waals surface area contributed by atoms with Gasteiger partial charge in [0.15, 0.2) is 0 Å². The molecule has 0 bridgehead atoms. The zero-order valence-electron chi connectivity index (χ0n) is 10.9. The zero-order chi connectivity index (χ0) is 12.0. The van der Waals surface area contributed by atoms with E-state index in [-0.39, 0.29) is 11.8 Å². The van der Waals surface area contributed by atoms with Crippen LogP contribution in [0.5, 0.6) is 0 Å². The summed E-state index contributed by atoms with van der Waals surface area (Å²) in [7, 11) is 1.88. The van der Waals surface area contributed by atoms with Gasteiger partial charge < -0.3 is 10.6 Å². The summed E-state index contributed by atoms with van der Waals surface area (Å²) in [5.74, 6) is 0.264. The van der Waals surface area contributed by atoms with E-state index >= 15 is 0 Å². The molecule has 2 N–H and O–H groups in total. The second kappa shape index (κ2) is 6.24. The van der Waals surface area contributed by atoms with Crippen LogP contribution in [0.15, 0.2) is 0 Å². The Kier molecular flexibility index (Phi) is 5.26. The van der Waals surface area contributed by atoms with Gasteiger partial charge in [-0.15, -0.1) is 0 Å². The minimum atomic E-state index is 0.0729. The molecule has 0 saturated heterocycles. The van der Waals surface area contributed by atoms with Crippen molar-refractivity contribution < 1.29 is 4.79 Å². The molecule has 0 radical (unpaired) electrons. The summed E-state index contributed by atoms with van der Waals surface area (Å²) < 4.78 is 0. The summed E-state index contributed by atoms with van der Waals surface area (Å²) in [6, 6.07) is 0. The Bertz CT molecular complexity index is 224. The molecule has 1 atom stereocenters. The molecule has 1 aliphatic rings. The lowest BCUT2D eigenvalue weighted by Crippen LogP contribution is -2.44. The smallest absolute Gasteiger partial charge is 0.224 e. The molecule has 1 fully saturated rings. The van der Waals surface area contributed by atoms with Gasteiger partial charge in [-0.05, 0) is 31.7 Å². The maximum atomic E-state index is 11.8. The van der Waals surface area contributed by atoms with Gasteiger partial charge in [0.25, 0.3) is 0 Å². The average Bonchev–Trinajstić information content (AvgIpc) is 2.21. The summed E-state index contributed by atoms with van der Waals surface area (Å²) in [5, 5.41) is 6.15. The number of carbonyl (C=O) groups excluding carboxylic acids is 1. The number of hydrogen-bond acceptors (Lipinski definition) is 2. The molecule has 94 valence electrons. The molecule has 0 spiro atoms. The van der Waals surface area contributed by atoms with Crippen LogP contribution in [0.1, 0.15) is 46.0 Å². The Labute approximate surface area is 99.4 Å². The Morgan fingerprint density at radius 1 is 1.44 bits per heavy atom. The molecule has 3 heteroatoms. The maximum Gasteiger partial charge on any atom is 0.224 e. The molecule has 1 unspecified atom stereocenters. The van der Waals surface area contributed by atoms with E-state index in [1.807, 2.05) is 14.0 Å². The first-order chi connectivity index (χ1) is 7.63. The predicted octanol–water partition coefficient (Wildman–Crippen LogP) is 1.93. The van der Waals surface area contributed by atoms with Gasteiger partial charge in [0.1, 0.15) is 0 Å². The Morgan fingerprint density at radius 3 is 2.56 bits per heavy atom. The summed E-state index contributed by atoms with van der Waals surface area (Å²) in [6.45, 7) is 5.84. The summed E-state index contributed by atoms with van der Waals surface area (Å²) in [5.41, 5.74) is 0.434. The molecule has 3 nitrogen and oxygen atoms in total. The Morgan fingerprint density at radius 2 is 2.12 bits per heavy atom. The number of amides is 1. The second-order valence-electron chi connectivity index (χ2n) is 5.28. The van der Waals surface area contributed by atoms with Crippen molar-refractivity contribution in [3.05, 3.63) is 0 Å². The molecule has 0 aromatic heterocycles. The quantitative estimate of drug-likeness (QED) is 0.696. The monoisotopic (exact) mass is 226 g/mol. The van der Waals surface area contributed by atoms with E-state index in [1.165, 1.54) is 32.1 Å². The van der Waals surface area contributed by atoms with Gasteiger partial charge in [-0.2, -0.15) is 0 Å². The van der Waals surface area contributed by atoms with Crippen LogP contribution in [0, 0.1) is 11.3 Å². The van der Waals surface area contributed by atoms with E-state index in [0.29, 0.717) is 5.41 Å². The molecule has 0 aromatic rings. The third kappa shape index (κ3) is 3.48. The van der Waals surface area contributed by atoms with Crippen molar-refractivity contribution in [3.8, 4) is 0 Å². The number of hydrogen-bond donors (Lipinski definition) is 2. The third-order valence-electron chi connectivity index (χ3n) is 3.79. The van der Waals surface area contributed by atoms with Gasteiger partial charge in [-0.3, -0.25) is 4.79 Å². The standard InChI is InChI=1S/C13H26N2O/c1-4-6-13(7-5-8-13)10-15-12(16)11(2)9-14-3/h11,14H,4-10H2,1-3H3,(H,15,16). The lowest BCUT2D eigenvalue weighted by Gasteiger charge is -2.42. The molecule has 1 amide bonds. The highest BCUT2D eigenvalue weighted by Crippen LogP contribution is 2.44. The van der Waals surface area contributed by atoms with E-state index in [2.05, 4.69) is 17.6 Å².